The van der Waals surface area contributed by atoms with Crippen molar-refractivity contribution in [2.45, 2.75) is 51.2 Å². The summed E-state index contributed by atoms with van der Waals surface area (Å²) < 4.78 is 1.69. The van der Waals surface area contributed by atoms with Gasteiger partial charge in [-0.1, -0.05) is 30.3 Å². The third-order valence-electron chi connectivity index (χ3n) is 5.58. The first-order valence-electron chi connectivity index (χ1n) is 9.21. The maximum absolute atomic E-state index is 12.3. The zero-order chi connectivity index (χ0) is 17.2. The van der Waals surface area contributed by atoms with Gasteiger partial charge in [0.05, 0.1) is 6.04 Å². The standard InChI is InChI=1S/C19H24N4O2/c24-18-16-12-22(15-8-4-5-9-15)13-20-17(16)23(19(25)21-18)11-10-14-6-2-1-3-7-14/h1-3,6-7,15,20H,4-5,8-13H2,(H,21,24,25)/p+1. The summed E-state index contributed by atoms with van der Waals surface area (Å²) in [7, 11) is 0. The Hall–Kier alpha value is -2.34. The fraction of sp³-hybridized carbons (Fsp3) is 0.474. The quantitative estimate of drug-likeness (QED) is 0.758. The number of anilines is 1. The minimum atomic E-state index is -0.323. The van der Waals surface area contributed by atoms with Crippen LogP contribution < -0.4 is 21.5 Å². The second-order valence-electron chi connectivity index (χ2n) is 7.14. The van der Waals surface area contributed by atoms with Gasteiger partial charge in [-0.15, -0.1) is 0 Å². The Morgan fingerprint density at radius 3 is 2.64 bits per heavy atom. The number of rotatable bonds is 4. The van der Waals surface area contributed by atoms with Crippen molar-refractivity contribution in [1.29, 1.82) is 0 Å². The SMILES string of the molecule is O=c1[nH]c(=O)n(CCc2ccccc2)c2c1C[NH+](C1CCCC1)CN2. The van der Waals surface area contributed by atoms with Crippen LogP contribution in [-0.4, -0.2) is 22.3 Å². The molecule has 4 rings (SSSR count). The van der Waals surface area contributed by atoms with Crippen LogP contribution in [0.1, 0.15) is 36.8 Å². The molecular formula is C19H25N4O2+. The Morgan fingerprint density at radius 1 is 1.12 bits per heavy atom. The molecule has 0 saturated heterocycles. The van der Waals surface area contributed by atoms with E-state index in [-0.39, 0.29) is 11.2 Å². The largest absolute Gasteiger partial charge is 0.329 e. The smallest absolute Gasteiger partial charge is 0.324 e. The zero-order valence-corrected chi connectivity index (χ0v) is 14.4. The summed E-state index contributed by atoms with van der Waals surface area (Å²) in [6.45, 7) is 2.05. The Bertz CT molecular complexity index is 850. The van der Waals surface area contributed by atoms with Crippen LogP contribution in [0.25, 0.3) is 0 Å². The number of nitrogens with zero attached hydrogens (tertiary/aromatic N) is 1. The van der Waals surface area contributed by atoms with Gasteiger partial charge in [-0.05, 0) is 37.7 Å². The molecule has 132 valence electrons. The molecule has 0 radical (unpaired) electrons. The van der Waals surface area contributed by atoms with Crippen LogP contribution in [0.3, 0.4) is 0 Å². The van der Waals surface area contributed by atoms with E-state index in [0.29, 0.717) is 24.9 Å². The van der Waals surface area contributed by atoms with Crippen molar-refractivity contribution < 1.29 is 4.90 Å². The Kier molecular flexibility index (Phi) is 4.44. The molecule has 2 aromatic rings. The van der Waals surface area contributed by atoms with Gasteiger partial charge in [-0.25, -0.2) is 4.79 Å². The van der Waals surface area contributed by atoms with Crippen molar-refractivity contribution in [3.63, 3.8) is 0 Å². The fourth-order valence-corrected chi connectivity index (χ4v) is 4.19. The fourth-order valence-electron chi connectivity index (χ4n) is 4.19. The Balaban J connectivity index is 1.60. The minimum absolute atomic E-state index is 0.237. The van der Waals surface area contributed by atoms with Crippen LogP contribution in [0.4, 0.5) is 5.82 Å². The highest BCUT2D eigenvalue weighted by Crippen LogP contribution is 2.18. The molecule has 1 atom stereocenters. The summed E-state index contributed by atoms with van der Waals surface area (Å²) in [5.41, 5.74) is 1.35. The van der Waals surface area contributed by atoms with Crippen LogP contribution in [-0.2, 0) is 19.5 Å². The highest BCUT2D eigenvalue weighted by Gasteiger charge is 2.32. The van der Waals surface area contributed by atoms with Gasteiger partial charge in [0.25, 0.3) is 5.56 Å². The van der Waals surface area contributed by atoms with Crippen molar-refractivity contribution in [2.75, 3.05) is 12.0 Å². The molecule has 1 aliphatic heterocycles. The van der Waals surface area contributed by atoms with E-state index in [2.05, 4.69) is 22.4 Å². The summed E-state index contributed by atoms with van der Waals surface area (Å²) in [6, 6.07) is 10.7. The van der Waals surface area contributed by atoms with Crippen LogP contribution in [0.5, 0.6) is 0 Å². The topological polar surface area (TPSA) is 71.3 Å². The zero-order valence-electron chi connectivity index (χ0n) is 14.4. The van der Waals surface area contributed by atoms with Crippen molar-refractivity contribution in [2.24, 2.45) is 0 Å². The lowest BCUT2D eigenvalue weighted by Crippen LogP contribution is -3.16. The molecule has 1 saturated carbocycles. The number of nitrogens with one attached hydrogen (secondary N) is 3. The number of aromatic amines is 1. The monoisotopic (exact) mass is 341 g/mol. The molecular weight excluding hydrogens is 316 g/mol. The highest BCUT2D eigenvalue weighted by atomic mass is 16.2. The summed E-state index contributed by atoms with van der Waals surface area (Å²) in [4.78, 5) is 28.6. The van der Waals surface area contributed by atoms with Crippen LogP contribution >= 0.6 is 0 Å². The lowest BCUT2D eigenvalue weighted by Gasteiger charge is -2.31. The van der Waals surface area contributed by atoms with Gasteiger partial charge in [0.1, 0.15) is 17.9 Å². The van der Waals surface area contributed by atoms with Crippen LogP contribution in [0, 0.1) is 0 Å². The summed E-state index contributed by atoms with van der Waals surface area (Å²) in [6.07, 6.45) is 5.80. The van der Waals surface area contributed by atoms with Crippen LogP contribution in [0.15, 0.2) is 39.9 Å². The number of benzene rings is 1. The molecule has 0 spiro atoms. The average Bonchev–Trinajstić information content (AvgIpc) is 3.17. The number of quaternary nitrogens is 1. The first kappa shape index (κ1) is 16.1. The number of aryl methyl sites for hydroxylation is 1. The van der Waals surface area contributed by atoms with Crippen molar-refractivity contribution in [1.82, 2.24) is 9.55 Å². The molecule has 6 heteroatoms. The number of hydrogen-bond acceptors (Lipinski definition) is 3. The second kappa shape index (κ2) is 6.88. The number of H-pyrrole nitrogens is 1. The number of hydrogen-bond donors (Lipinski definition) is 3. The Morgan fingerprint density at radius 2 is 1.88 bits per heavy atom. The molecule has 1 aromatic heterocycles. The summed E-state index contributed by atoms with van der Waals surface area (Å²) in [5, 5.41) is 3.38. The molecule has 6 nitrogen and oxygen atoms in total. The van der Waals surface area contributed by atoms with Crippen molar-refractivity contribution >= 4 is 5.82 Å². The Labute approximate surface area is 146 Å². The third kappa shape index (κ3) is 3.26. The maximum Gasteiger partial charge on any atom is 0.329 e. The molecule has 1 aliphatic carbocycles. The third-order valence-corrected chi connectivity index (χ3v) is 5.58. The van der Waals surface area contributed by atoms with Gasteiger partial charge in [-0.2, -0.15) is 0 Å². The molecule has 0 bridgehead atoms. The molecule has 2 aliphatic rings. The van der Waals surface area contributed by atoms with Gasteiger partial charge in [0.2, 0.25) is 0 Å². The lowest BCUT2D eigenvalue weighted by molar-refractivity contribution is -0.936. The van der Waals surface area contributed by atoms with Crippen LogP contribution in [0.2, 0.25) is 0 Å². The minimum Gasteiger partial charge on any atom is -0.324 e. The maximum atomic E-state index is 12.3. The first-order valence-corrected chi connectivity index (χ1v) is 9.21. The normalized spacial score (nSPS) is 20.2. The summed E-state index contributed by atoms with van der Waals surface area (Å²) >= 11 is 0. The van der Waals surface area contributed by atoms with E-state index in [4.69, 9.17) is 0 Å². The first-order chi connectivity index (χ1) is 12.2. The van der Waals surface area contributed by atoms with E-state index in [1.54, 1.807) is 4.57 Å². The molecule has 3 N–H and O–H groups in total. The highest BCUT2D eigenvalue weighted by molar-refractivity contribution is 5.44. The van der Waals surface area contributed by atoms with Gasteiger partial charge < -0.3 is 10.2 Å². The van der Waals surface area contributed by atoms with Crippen molar-refractivity contribution in [3.8, 4) is 0 Å². The molecule has 2 heterocycles. The van der Waals surface area contributed by atoms with E-state index in [0.717, 1.165) is 18.7 Å². The van der Waals surface area contributed by atoms with E-state index in [1.807, 2.05) is 18.2 Å². The van der Waals surface area contributed by atoms with Gasteiger partial charge in [0.15, 0.2) is 6.67 Å². The average molecular weight is 341 g/mol. The molecule has 1 aromatic carbocycles. The van der Waals surface area contributed by atoms with Gasteiger partial charge in [0, 0.05) is 6.54 Å². The second-order valence-corrected chi connectivity index (χ2v) is 7.14. The molecule has 1 fully saturated rings. The van der Waals surface area contributed by atoms with E-state index >= 15 is 0 Å². The van der Waals surface area contributed by atoms with Gasteiger partial charge >= 0.3 is 5.69 Å². The van der Waals surface area contributed by atoms with Crippen molar-refractivity contribution in [3.05, 3.63) is 62.3 Å². The molecule has 1 unspecified atom stereocenters. The van der Waals surface area contributed by atoms with E-state index < -0.39 is 0 Å². The number of fused-ring (bicyclic) bond motifs is 1. The lowest BCUT2D eigenvalue weighted by atomic mass is 10.1. The predicted octanol–water partition coefficient (Wildman–Crippen LogP) is 0.490. The van der Waals surface area contributed by atoms with E-state index in [1.165, 1.54) is 36.1 Å². The number of aromatic nitrogens is 2. The van der Waals surface area contributed by atoms with E-state index in [9.17, 15) is 9.59 Å². The summed E-state index contributed by atoms with van der Waals surface area (Å²) in [5.74, 6) is 0.714. The predicted molar refractivity (Wildman–Crippen MR) is 96.9 cm³/mol. The molecule has 25 heavy (non-hydrogen) atoms. The van der Waals surface area contributed by atoms with Gasteiger partial charge in [-0.3, -0.25) is 14.3 Å². The molecule has 0 amide bonds.